The summed E-state index contributed by atoms with van der Waals surface area (Å²) in [5, 5.41) is 12.4. The Morgan fingerprint density at radius 3 is 2.85 bits per heavy atom. The van der Waals surface area contributed by atoms with Gasteiger partial charge in [-0.2, -0.15) is 0 Å². The first-order valence-electron chi connectivity index (χ1n) is 7.06. The summed E-state index contributed by atoms with van der Waals surface area (Å²) >= 11 is 0. The van der Waals surface area contributed by atoms with E-state index >= 15 is 0 Å². The summed E-state index contributed by atoms with van der Waals surface area (Å²) in [6, 6.07) is 5.79. The van der Waals surface area contributed by atoms with Crippen molar-refractivity contribution in [2.45, 2.75) is 18.9 Å². The van der Waals surface area contributed by atoms with E-state index in [1.54, 1.807) is 7.11 Å². The smallest absolute Gasteiger partial charge is 0.257 e. The van der Waals surface area contributed by atoms with Gasteiger partial charge in [0.1, 0.15) is 0 Å². The number of ether oxygens (including phenoxy) is 1. The molecule has 1 aromatic rings. The SMILES string of the molecule is COCC1CCN(c2ccc3c(c2)NC(=O)C3O)CC1. The van der Waals surface area contributed by atoms with Crippen LogP contribution in [0.3, 0.4) is 0 Å². The molecule has 1 atom stereocenters. The molecule has 108 valence electrons. The number of carbonyl (C=O) groups is 1. The Labute approximate surface area is 118 Å². The zero-order valence-corrected chi connectivity index (χ0v) is 11.6. The molecule has 1 unspecified atom stereocenters. The number of nitrogens with zero attached hydrogens (tertiary/aromatic N) is 1. The minimum atomic E-state index is -1.02. The highest BCUT2D eigenvalue weighted by atomic mass is 16.5. The maximum Gasteiger partial charge on any atom is 0.257 e. The molecule has 0 radical (unpaired) electrons. The van der Waals surface area contributed by atoms with Gasteiger partial charge < -0.3 is 20.1 Å². The highest BCUT2D eigenvalue weighted by Crippen LogP contribution is 2.34. The number of amides is 1. The number of piperidine rings is 1. The van der Waals surface area contributed by atoms with E-state index in [0.717, 1.165) is 43.9 Å². The van der Waals surface area contributed by atoms with Gasteiger partial charge in [-0.1, -0.05) is 6.07 Å². The van der Waals surface area contributed by atoms with Crippen molar-refractivity contribution in [3.05, 3.63) is 23.8 Å². The van der Waals surface area contributed by atoms with Crippen molar-refractivity contribution in [2.75, 3.05) is 37.0 Å². The third-order valence-electron chi connectivity index (χ3n) is 4.22. The van der Waals surface area contributed by atoms with Crippen molar-refractivity contribution in [2.24, 2.45) is 5.92 Å². The molecule has 1 amide bonds. The second kappa shape index (κ2) is 5.42. The van der Waals surface area contributed by atoms with Crippen molar-refractivity contribution < 1.29 is 14.6 Å². The van der Waals surface area contributed by atoms with Crippen LogP contribution in [0, 0.1) is 5.92 Å². The first kappa shape index (κ1) is 13.4. The minimum absolute atomic E-state index is 0.337. The summed E-state index contributed by atoms with van der Waals surface area (Å²) < 4.78 is 5.21. The van der Waals surface area contributed by atoms with Crippen LogP contribution < -0.4 is 10.2 Å². The third kappa shape index (κ3) is 2.39. The second-order valence-electron chi connectivity index (χ2n) is 5.55. The molecule has 2 aliphatic rings. The number of nitrogens with one attached hydrogen (secondary N) is 1. The average molecular weight is 276 g/mol. The molecule has 0 aromatic heterocycles. The third-order valence-corrected chi connectivity index (χ3v) is 4.22. The molecule has 1 saturated heterocycles. The van der Waals surface area contributed by atoms with Crippen molar-refractivity contribution in [1.29, 1.82) is 0 Å². The standard InChI is InChI=1S/C15H20N2O3/c1-20-9-10-4-6-17(7-5-10)11-2-3-12-13(8-11)16-15(19)14(12)18/h2-3,8,10,14,18H,4-7,9H2,1H3,(H,16,19). The van der Waals surface area contributed by atoms with Crippen LogP contribution in [0.2, 0.25) is 0 Å². The molecule has 2 aliphatic heterocycles. The normalized spacial score (nSPS) is 22.8. The molecule has 2 N–H and O–H groups in total. The van der Waals surface area contributed by atoms with E-state index in [1.807, 2.05) is 18.2 Å². The van der Waals surface area contributed by atoms with Crippen LogP contribution in [0.1, 0.15) is 24.5 Å². The van der Waals surface area contributed by atoms with Crippen molar-refractivity contribution in [3.8, 4) is 0 Å². The van der Waals surface area contributed by atoms with Crippen molar-refractivity contribution in [3.63, 3.8) is 0 Å². The number of rotatable bonds is 3. The Balaban J connectivity index is 1.71. The van der Waals surface area contributed by atoms with Gasteiger partial charge in [-0.15, -0.1) is 0 Å². The van der Waals surface area contributed by atoms with Crippen LogP contribution in [0.4, 0.5) is 11.4 Å². The number of methoxy groups -OCH3 is 1. The molecule has 5 nitrogen and oxygen atoms in total. The topological polar surface area (TPSA) is 61.8 Å². The molecular weight excluding hydrogens is 256 g/mol. The number of carbonyl (C=O) groups excluding carboxylic acids is 1. The molecule has 0 bridgehead atoms. The van der Waals surface area contributed by atoms with E-state index < -0.39 is 6.10 Å². The molecule has 3 rings (SSSR count). The lowest BCUT2D eigenvalue weighted by atomic mass is 9.97. The quantitative estimate of drug-likeness (QED) is 0.879. The van der Waals surface area contributed by atoms with E-state index in [1.165, 1.54) is 0 Å². The summed E-state index contributed by atoms with van der Waals surface area (Å²) in [5.74, 6) is 0.308. The Hall–Kier alpha value is -1.59. The Kier molecular flexibility index (Phi) is 3.63. The summed E-state index contributed by atoms with van der Waals surface area (Å²) in [6.07, 6.45) is 1.23. The molecule has 1 aromatic carbocycles. The van der Waals surface area contributed by atoms with Gasteiger partial charge in [-0.05, 0) is 30.9 Å². The van der Waals surface area contributed by atoms with E-state index in [9.17, 15) is 9.90 Å². The van der Waals surface area contributed by atoms with Crippen LogP contribution in [0.15, 0.2) is 18.2 Å². The second-order valence-corrected chi connectivity index (χ2v) is 5.55. The molecule has 1 fully saturated rings. The monoisotopic (exact) mass is 276 g/mol. The Morgan fingerprint density at radius 1 is 1.40 bits per heavy atom. The van der Waals surface area contributed by atoms with Gasteiger partial charge in [0.25, 0.3) is 5.91 Å². The first-order valence-corrected chi connectivity index (χ1v) is 7.06. The van der Waals surface area contributed by atoms with Gasteiger partial charge in [0.2, 0.25) is 0 Å². The summed E-state index contributed by atoms with van der Waals surface area (Å²) in [5.41, 5.74) is 2.51. The van der Waals surface area contributed by atoms with Gasteiger partial charge >= 0.3 is 0 Å². The number of anilines is 2. The maximum atomic E-state index is 11.4. The number of benzene rings is 1. The zero-order valence-electron chi connectivity index (χ0n) is 11.6. The largest absolute Gasteiger partial charge is 0.384 e. The highest BCUT2D eigenvalue weighted by Gasteiger charge is 2.29. The van der Waals surface area contributed by atoms with Gasteiger partial charge in [-0.3, -0.25) is 4.79 Å². The maximum absolute atomic E-state index is 11.4. The zero-order chi connectivity index (χ0) is 14.1. The van der Waals surface area contributed by atoms with Gasteiger partial charge in [0, 0.05) is 43.7 Å². The fourth-order valence-electron chi connectivity index (χ4n) is 3.02. The first-order chi connectivity index (χ1) is 9.69. The number of hydrogen-bond acceptors (Lipinski definition) is 4. The Bertz CT molecular complexity index is 510. The summed E-state index contributed by atoms with van der Waals surface area (Å²) in [4.78, 5) is 13.8. The summed E-state index contributed by atoms with van der Waals surface area (Å²) in [7, 11) is 1.75. The lowest BCUT2D eigenvalue weighted by Gasteiger charge is -2.33. The molecule has 0 spiro atoms. The van der Waals surface area contributed by atoms with E-state index in [4.69, 9.17) is 4.74 Å². The molecular formula is C15H20N2O3. The van der Waals surface area contributed by atoms with Gasteiger partial charge in [0.15, 0.2) is 6.10 Å². The van der Waals surface area contributed by atoms with Crippen LogP contribution in [0.25, 0.3) is 0 Å². The predicted octanol–water partition coefficient (Wildman–Crippen LogP) is 1.53. The fourth-order valence-corrected chi connectivity index (χ4v) is 3.02. The molecule has 0 saturated carbocycles. The van der Waals surface area contributed by atoms with Crippen molar-refractivity contribution >= 4 is 17.3 Å². The van der Waals surface area contributed by atoms with Gasteiger partial charge in [0.05, 0.1) is 0 Å². The Morgan fingerprint density at radius 2 is 2.15 bits per heavy atom. The van der Waals surface area contributed by atoms with Crippen LogP contribution in [0.5, 0.6) is 0 Å². The van der Waals surface area contributed by atoms with Crippen LogP contribution >= 0.6 is 0 Å². The highest BCUT2D eigenvalue weighted by molar-refractivity contribution is 6.02. The number of aliphatic hydroxyl groups is 1. The lowest BCUT2D eigenvalue weighted by molar-refractivity contribution is -0.123. The van der Waals surface area contributed by atoms with E-state index in [0.29, 0.717) is 11.5 Å². The van der Waals surface area contributed by atoms with E-state index in [2.05, 4.69) is 10.2 Å². The molecule has 0 aliphatic carbocycles. The fraction of sp³-hybridized carbons (Fsp3) is 0.533. The lowest BCUT2D eigenvalue weighted by Crippen LogP contribution is -2.34. The van der Waals surface area contributed by atoms with Crippen molar-refractivity contribution in [1.82, 2.24) is 0 Å². The van der Waals surface area contributed by atoms with Gasteiger partial charge in [-0.25, -0.2) is 0 Å². The average Bonchev–Trinajstić information content (AvgIpc) is 2.75. The molecule has 20 heavy (non-hydrogen) atoms. The molecule has 5 heteroatoms. The van der Waals surface area contributed by atoms with Crippen LogP contribution in [-0.2, 0) is 9.53 Å². The van der Waals surface area contributed by atoms with Crippen LogP contribution in [-0.4, -0.2) is 37.8 Å². The molecule has 2 heterocycles. The summed E-state index contributed by atoms with van der Waals surface area (Å²) in [6.45, 7) is 2.84. The predicted molar refractivity (Wildman–Crippen MR) is 76.8 cm³/mol. The number of fused-ring (bicyclic) bond motifs is 1. The minimum Gasteiger partial charge on any atom is -0.384 e. The number of hydrogen-bond donors (Lipinski definition) is 2. The number of aliphatic hydroxyl groups excluding tert-OH is 1. The van der Waals surface area contributed by atoms with E-state index in [-0.39, 0.29) is 5.91 Å².